The van der Waals surface area contributed by atoms with Crippen molar-refractivity contribution < 1.29 is 19.1 Å². The second-order valence-electron chi connectivity index (χ2n) is 5.40. The van der Waals surface area contributed by atoms with Crippen molar-refractivity contribution in [2.45, 2.75) is 26.4 Å². The topological polar surface area (TPSA) is 86.5 Å². The molecule has 0 radical (unpaired) electrons. The fourth-order valence-electron chi connectivity index (χ4n) is 2.19. The van der Waals surface area contributed by atoms with Crippen LogP contribution in [0.2, 0.25) is 0 Å². The molecular formula is C19H19NO4. The molecule has 2 N–H and O–H groups in total. The first-order chi connectivity index (χ1) is 11.4. The number of benzene rings is 2. The fraction of sp³-hybridized carbons (Fsp3) is 0.211. The lowest BCUT2D eigenvalue weighted by Crippen LogP contribution is -2.24. The molecular weight excluding hydrogens is 306 g/mol. The van der Waals surface area contributed by atoms with Gasteiger partial charge in [0.2, 0.25) is 11.7 Å². The predicted molar refractivity (Wildman–Crippen MR) is 90.0 cm³/mol. The molecule has 2 rings (SSSR count). The second-order valence-corrected chi connectivity index (χ2v) is 5.40. The minimum Gasteiger partial charge on any atom is -0.451 e. The highest BCUT2D eigenvalue weighted by Crippen LogP contribution is 2.12. The quantitative estimate of drug-likeness (QED) is 0.653. The Kier molecular flexibility index (Phi) is 5.47. The van der Waals surface area contributed by atoms with Crippen molar-refractivity contribution in [3.05, 3.63) is 70.8 Å². The van der Waals surface area contributed by atoms with Crippen molar-refractivity contribution >= 4 is 17.7 Å². The largest absolute Gasteiger partial charge is 0.451 e. The number of rotatable bonds is 6. The van der Waals surface area contributed by atoms with Crippen LogP contribution >= 0.6 is 0 Å². The summed E-state index contributed by atoms with van der Waals surface area (Å²) in [5.74, 6) is -1.47. The average molecular weight is 325 g/mol. The molecule has 24 heavy (non-hydrogen) atoms. The first kappa shape index (κ1) is 17.4. The van der Waals surface area contributed by atoms with Gasteiger partial charge in [0.25, 0.3) is 0 Å². The summed E-state index contributed by atoms with van der Waals surface area (Å²) in [6.07, 6.45) is -0.0128. The summed E-state index contributed by atoms with van der Waals surface area (Å²) >= 11 is 0. The first-order valence-electron chi connectivity index (χ1n) is 7.66. The molecule has 2 aromatic carbocycles. The monoisotopic (exact) mass is 325 g/mol. The predicted octanol–water partition coefficient (Wildman–Crippen LogP) is 2.78. The lowest BCUT2D eigenvalue weighted by Gasteiger charge is -2.13. The van der Waals surface area contributed by atoms with Gasteiger partial charge in [-0.1, -0.05) is 31.2 Å². The van der Waals surface area contributed by atoms with Crippen LogP contribution in [0.4, 0.5) is 0 Å². The van der Waals surface area contributed by atoms with Crippen molar-refractivity contribution in [1.82, 2.24) is 0 Å². The number of ether oxygens (including phenoxy) is 1. The van der Waals surface area contributed by atoms with Crippen LogP contribution in [0.25, 0.3) is 0 Å². The summed E-state index contributed by atoms with van der Waals surface area (Å²) in [4.78, 5) is 35.4. The number of nitrogens with two attached hydrogens (primary N) is 1. The molecule has 0 aliphatic heterocycles. The van der Waals surface area contributed by atoms with E-state index in [1.807, 2.05) is 19.1 Å². The molecule has 0 saturated heterocycles. The van der Waals surface area contributed by atoms with Gasteiger partial charge in [-0.3, -0.25) is 9.59 Å². The van der Waals surface area contributed by atoms with E-state index in [2.05, 4.69) is 0 Å². The summed E-state index contributed by atoms with van der Waals surface area (Å²) in [5, 5.41) is 0. The summed E-state index contributed by atoms with van der Waals surface area (Å²) < 4.78 is 5.20. The molecule has 0 aromatic heterocycles. The molecule has 0 fully saturated rings. The van der Waals surface area contributed by atoms with E-state index in [0.717, 1.165) is 12.0 Å². The molecule has 5 nitrogen and oxygen atoms in total. The second kappa shape index (κ2) is 7.55. The number of carbonyl (C=O) groups is 3. The first-order valence-corrected chi connectivity index (χ1v) is 7.66. The van der Waals surface area contributed by atoms with Gasteiger partial charge in [0.05, 0.1) is 5.56 Å². The standard InChI is InChI=1S/C19H19NO4/c1-3-13-4-6-14(7-5-13)17(21)12(2)24-19(23)16-10-8-15(9-11-16)18(20)22/h4-12H,3H2,1-2H3,(H2,20,22). The third kappa shape index (κ3) is 4.07. The number of Topliss-reactive ketones (excluding diaryl/α,β-unsaturated/α-hetero) is 1. The van der Waals surface area contributed by atoms with E-state index in [1.54, 1.807) is 12.1 Å². The van der Waals surface area contributed by atoms with Crippen LogP contribution in [0.3, 0.4) is 0 Å². The Morgan fingerprint density at radius 2 is 1.42 bits per heavy atom. The van der Waals surface area contributed by atoms with E-state index in [0.29, 0.717) is 11.1 Å². The average Bonchev–Trinajstić information content (AvgIpc) is 2.61. The van der Waals surface area contributed by atoms with Gasteiger partial charge >= 0.3 is 5.97 Å². The van der Waals surface area contributed by atoms with E-state index in [4.69, 9.17) is 10.5 Å². The Labute approximate surface area is 140 Å². The van der Waals surface area contributed by atoms with E-state index in [1.165, 1.54) is 31.2 Å². The third-order valence-corrected chi connectivity index (χ3v) is 3.70. The molecule has 0 aliphatic rings. The van der Waals surface area contributed by atoms with Crippen molar-refractivity contribution in [1.29, 1.82) is 0 Å². The van der Waals surface area contributed by atoms with Crippen LogP contribution in [-0.4, -0.2) is 23.8 Å². The van der Waals surface area contributed by atoms with Gasteiger partial charge in [0.1, 0.15) is 0 Å². The van der Waals surface area contributed by atoms with Gasteiger partial charge in [0.15, 0.2) is 6.10 Å². The van der Waals surface area contributed by atoms with Crippen LogP contribution < -0.4 is 5.73 Å². The van der Waals surface area contributed by atoms with Crippen LogP contribution in [0.1, 0.15) is 50.5 Å². The number of ketones is 1. The van der Waals surface area contributed by atoms with E-state index in [-0.39, 0.29) is 11.3 Å². The summed E-state index contributed by atoms with van der Waals surface area (Å²) in [5.41, 5.74) is 7.32. The van der Waals surface area contributed by atoms with Crippen molar-refractivity contribution in [2.75, 3.05) is 0 Å². The Hall–Kier alpha value is -2.95. The summed E-state index contributed by atoms with van der Waals surface area (Å²) in [7, 11) is 0. The van der Waals surface area contributed by atoms with Crippen LogP contribution in [0, 0.1) is 0 Å². The number of primary amides is 1. The Bertz CT molecular complexity index is 748. The Morgan fingerprint density at radius 1 is 0.917 bits per heavy atom. The van der Waals surface area contributed by atoms with Gasteiger partial charge in [0, 0.05) is 11.1 Å². The maximum atomic E-state index is 12.3. The zero-order chi connectivity index (χ0) is 17.7. The Morgan fingerprint density at radius 3 is 1.92 bits per heavy atom. The van der Waals surface area contributed by atoms with Gasteiger partial charge < -0.3 is 10.5 Å². The number of hydrogen-bond donors (Lipinski definition) is 1. The maximum absolute atomic E-state index is 12.3. The van der Waals surface area contributed by atoms with Gasteiger partial charge in [-0.2, -0.15) is 0 Å². The minimum absolute atomic E-state index is 0.251. The molecule has 2 aromatic rings. The molecule has 0 heterocycles. The number of amides is 1. The highest BCUT2D eigenvalue weighted by molar-refractivity contribution is 6.01. The molecule has 0 aliphatic carbocycles. The zero-order valence-electron chi connectivity index (χ0n) is 13.6. The molecule has 1 unspecified atom stereocenters. The fourth-order valence-corrected chi connectivity index (χ4v) is 2.19. The highest BCUT2D eigenvalue weighted by Gasteiger charge is 2.20. The third-order valence-electron chi connectivity index (χ3n) is 3.70. The minimum atomic E-state index is -0.902. The van der Waals surface area contributed by atoms with Crippen LogP contribution in [-0.2, 0) is 11.2 Å². The smallest absolute Gasteiger partial charge is 0.338 e. The van der Waals surface area contributed by atoms with Crippen LogP contribution in [0.15, 0.2) is 48.5 Å². The van der Waals surface area contributed by atoms with E-state index < -0.39 is 18.0 Å². The van der Waals surface area contributed by atoms with Crippen molar-refractivity contribution in [2.24, 2.45) is 5.73 Å². The lowest BCUT2D eigenvalue weighted by atomic mass is 10.0. The number of hydrogen-bond acceptors (Lipinski definition) is 4. The molecule has 0 saturated carbocycles. The van der Waals surface area contributed by atoms with Crippen LogP contribution in [0.5, 0.6) is 0 Å². The maximum Gasteiger partial charge on any atom is 0.338 e. The van der Waals surface area contributed by atoms with Gasteiger partial charge in [-0.05, 0) is 43.2 Å². The Balaban J connectivity index is 2.04. The van der Waals surface area contributed by atoms with Crippen molar-refractivity contribution in [3.63, 3.8) is 0 Å². The lowest BCUT2D eigenvalue weighted by molar-refractivity contribution is 0.0318. The SMILES string of the molecule is CCc1ccc(C(=O)C(C)OC(=O)c2ccc(C(N)=O)cc2)cc1. The molecule has 5 heteroatoms. The molecule has 0 bridgehead atoms. The normalized spacial score (nSPS) is 11.6. The highest BCUT2D eigenvalue weighted by atomic mass is 16.5. The summed E-state index contributed by atoms with van der Waals surface area (Å²) in [6, 6.07) is 13.0. The van der Waals surface area contributed by atoms with Crippen molar-refractivity contribution in [3.8, 4) is 0 Å². The van der Waals surface area contributed by atoms with E-state index in [9.17, 15) is 14.4 Å². The molecule has 124 valence electrons. The van der Waals surface area contributed by atoms with Gasteiger partial charge in [-0.15, -0.1) is 0 Å². The number of aryl methyl sites for hydroxylation is 1. The molecule has 1 atom stereocenters. The summed E-state index contributed by atoms with van der Waals surface area (Å²) in [6.45, 7) is 3.57. The van der Waals surface area contributed by atoms with Gasteiger partial charge in [-0.25, -0.2) is 4.79 Å². The van der Waals surface area contributed by atoms with E-state index >= 15 is 0 Å². The molecule has 1 amide bonds. The number of esters is 1. The number of carbonyl (C=O) groups excluding carboxylic acids is 3. The molecule has 0 spiro atoms. The zero-order valence-corrected chi connectivity index (χ0v) is 13.6.